The minimum atomic E-state index is 0. The van der Waals surface area contributed by atoms with E-state index in [4.69, 9.17) is 26.8 Å². The van der Waals surface area contributed by atoms with Gasteiger partial charge in [0, 0.05) is 17.7 Å². The summed E-state index contributed by atoms with van der Waals surface area (Å²) in [6, 6.07) is 3.62. The van der Waals surface area contributed by atoms with Crippen molar-refractivity contribution in [2.24, 2.45) is 5.73 Å². The van der Waals surface area contributed by atoms with E-state index in [1.807, 2.05) is 13.0 Å². The van der Waals surface area contributed by atoms with Crippen molar-refractivity contribution in [2.75, 3.05) is 14.2 Å². The second kappa shape index (κ2) is 6.84. The lowest BCUT2D eigenvalue weighted by Crippen LogP contribution is -2.18. The highest BCUT2D eigenvalue weighted by atomic mass is 35.5. The first-order valence-electron chi connectivity index (χ1n) is 4.74. The average molecular weight is 266 g/mol. The van der Waals surface area contributed by atoms with Crippen LogP contribution in [0.2, 0.25) is 5.02 Å². The molecule has 3 nitrogen and oxygen atoms in total. The molecule has 0 amide bonds. The summed E-state index contributed by atoms with van der Waals surface area (Å²) in [4.78, 5) is 0. The molecule has 0 bridgehead atoms. The van der Waals surface area contributed by atoms with Gasteiger partial charge in [0.25, 0.3) is 0 Å². The van der Waals surface area contributed by atoms with E-state index in [0.717, 1.165) is 11.3 Å². The van der Waals surface area contributed by atoms with Crippen LogP contribution in [0.25, 0.3) is 0 Å². The van der Waals surface area contributed by atoms with Crippen molar-refractivity contribution >= 4 is 24.0 Å². The zero-order chi connectivity index (χ0) is 11.4. The number of halogens is 2. The van der Waals surface area contributed by atoms with Gasteiger partial charge in [-0.15, -0.1) is 12.4 Å². The molecule has 0 saturated heterocycles. The van der Waals surface area contributed by atoms with E-state index in [1.54, 1.807) is 20.3 Å². The second-order valence-corrected chi connectivity index (χ2v) is 3.88. The van der Waals surface area contributed by atoms with E-state index in [2.05, 4.69) is 0 Å². The molecule has 0 radical (unpaired) electrons. The highest BCUT2D eigenvalue weighted by Gasteiger charge is 2.12. The van der Waals surface area contributed by atoms with E-state index in [9.17, 15) is 0 Å². The van der Waals surface area contributed by atoms with Gasteiger partial charge in [-0.05, 0) is 19.4 Å². The molecule has 1 aromatic rings. The maximum atomic E-state index is 6.12. The summed E-state index contributed by atoms with van der Waals surface area (Å²) in [5.41, 5.74) is 6.67. The fraction of sp³-hybridized carbons (Fsp3) is 0.455. The third-order valence-electron chi connectivity index (χ3n) is 2.11. The summed E-state index contributed by atoms with van der Waals surface area (Å²) in [6.45, 7) is 1.93. The van der Waals surface area contributed by atoms with Gasteiger partial charge in [0.05, 0.1) is 19.2 Å². The van der Waals surface area contributed by atoms with Gasteiger partial charge in [0.1, 0.15) is 11.5 Å². The van der Waals surface area contributed by atoms with E-state index < -0.39 is 0 Å². The molecule has 1 rings (SSSR count). The molecule has 1 aromatic carbocycles. The molecule has 0 aliphatic heterocycles. The van der Waals surface area contributed by atoms with Gasteiger partial charge >= 0.3 is 0 Å². The zero-order valence-electron chi connectivity index (χ0n) is 9.62. The van der Waals surface area contributed by atoms with Gasteiger partial charge in [-0.2, -0.15) is 0 Å². The van der Waals surface area contributed by atoms with Crippen LogP contribution in [-0.4, -0.2) is 20.3 Å². The normalized spacial score (nSPS) is 11.6. The smallest absolute Gasteiger partial charge is 0.127 e. The number of ether oxygens (including phenoxy) is 2. The zero-order valence-corrected chi connectivity index (χ0v) is 11.2. The Morgan fingerprint density at radius 3 is 2.38 bits per heavy atom. The Hall–Kier alpha value is -0.640. The molecule has 0 saturated carbocycles. The van der Waals surface area contributed by atoms with Crippen LogP contribution in [0.5, 0.6) is 11.5 Å². The van der Waals surface area contributed by atoms with Gasteiger partial charge in [-0.3, -0.25) is 0 Å². The molecule has 0 aliphatic carbocycles. The first-order valence-corrected chi connectivity index (χ1v) is 5.12. The van der Waals surface area contributed by atoms with Crippen molar-refractivity contribution in [2.45, 2.75) is 19.4 Å². The van der Waals surface area contributed by atoms with E-state index >= 15 is 0 Å². The van der Waals surface area contributed by atoms with Crippen LogP contribution in [0.3, 0.4) is 0 Å². The van der Waals surface area contributed by atoms with Gasteiger partial charge < -0.3 is 15.2 Å². The summed E-state index contributed by atoms with van der Waals surface area (Å²) >= 11 is 6.12. The first-order chi connectivity index (χ1) is 7.08. The molecule has 1 atom stereocenters. The highest BCUT2D eigenvalue weighted by Crippen LogP contribution is 2.32. The number of hydrogen-bond donors (Lipinski definition) is 1. The molecular formula is C11H17Cl2NO2. The third-order valence-corrected chi connectivity index (χ3v) is 2.45. The maximum absolute atomic E-state index is 6.12. The maximum Gasteiger partial charge on any atom is 0.127 e. The van der Waals surface area contributed by atoms with Crippen LogP contribution in [0, 0.1) is 0 Å². The molecule has 16 heavy (non-hydrogen) atoms. The minimum absolute atomic E-state index is 0. The molecule has 0 fully saturated rings. The van der Waals surface area contributed by atoms with Crippen molar-refractivity contribution < 1.29 is 9.47 Å². The Kier molecular flexibility index (Phi) is 6.56. The van der Waals surface area contributed by atoms with Gasteiger partial charge in [-0.25, -0.2) is 0 Å². The van der Waals surface area contributed by atoms with Crippen LogP contribution in [0.4, 0.5) is 0 Å². The Labute approximate surface area is 107 Å². The summed E-state index contributed by atoms with van der Waals surface area (Å²) in [7, 11) is 3.20. The Morgan fingerprint density at radius 1 is 1.31 bits per heavy atom. The van der Waals surface area contributed by atoms with Crippen molar-refractivity contribution in [3.8, 4) is 11.5 Å². The average Bonchev–Trinajstić information content (AvgIpc) is 2.20. The van der Waals surface area contributed by atoms with Gasteiger partial charge in [0.2, 0.25) is 0 Å². The minimum Gasteiger partial charge on any atom is -0.497 e. The summed E-state index contributed by atoms with van der Waals surface area (Å²) < 4.78 is 10.4. The fourth-order valence-electron chi connectivity index (χ4n) is 1.41. The molecule has 2 N–H and O–H groups in total. The molecule has 92 valence electrons. The van der Waals surface area contributed by atoms with Crippen LogP contribution in [-0.2, 0) is 6.42 Å². The molecule has 0 aromatic heterocycles. The lowest BCUT2D eigenvalue weighted by atomic mass is 10.1. The lowest BCUT2D eigenvalue weighted by Gasteiger charge is -2.14. The molecule has 1 unspecified atom stereocenters. The fourth-order valence-corrected chi connectivity index (χ4v) is 1.69. The number of benzene rings is 1. The lowest BCUT2D eigenvalue weighted by molar-refractivity contribution is 0.390. The van der Waals surface area contributed by atoms with Crippen molar-refractivity contribution in [3.05, 3.63) is 22.7 Å². The monoisotopic (exact) mass is 265 g/mol. The number of hydrogen-bond acceptors (Lipinski definition) is 3. The molecule has 0 aliphatic rings. The molecule has 5 heteroatoms. The van der Waals surface area contributed by atoms with E-state index in [-0.39, 0.29) is 18.4 Å². The Morgan fingerprint density at radius 2 is 1.94 bits per heavy atom. The molecular weight excluding hydrogens is 249 g/mol. The van der Waals surface area contributed by atoms with Crippen LogP contribution < -0.4 is 15.2 Å². The summed E-state index contributed by atoms with van der Waals surface area (Å²) in [5, 5.41) is 0.628. The predicted octanol–water partition coefficient (Wildman–Crippen LogP) is 2.67. The van der Waals surface area contributed by atoms with Gasteiger partial charge in [0.15, 0.2) is 0 Å². The Bertz CT molecular complexity index is 343. The summed E-state index contributed by atoms with van der Waals surface area (Å²) in [5.74, 6) is 1.40. The molecule has 0 spiro atoms. The topological polar surface area (TPSA) is 44.5 Å². The number of methoxy groups -OCH3 is 2. The Balaban J connectivity index is 0.00000225. The van der Waals surface area contributed by atoms with Crippen LogP contribution >= 0.6 is 24.0 Å². The van der Waals surface area contributed by atoms with Crippen molar-refractivity contribution in [1.82, 2.24) is 0 Å². The third kappa shape index (κ3) is 3.74. The predicted molar refractivity (Wildman–Crippen MR) is 69.2 cm³/mol. The second-order valence-electron chi connectivity index (χ2n) is 3.47. The largest absolute Gasteiger partial charge is 0.497 e. The number of rotatable bonds is 4. The molecule has 0 heterocycles. The standard InChI is InChI=1S/C11H16ClNO2.ClH/c1-7(13)4-9-10(12)5-8(14-2)6-11(9)15-3;/h5-7H,4,13H2,1-3H3;1H. The first kappa shape index (κ1) is 15.4. The van der Waals surface area contributed by atoms with Crippen LogP contribution in [0.15, 0.2) is 12.1 Å². The van der Waals surface area contributed by atoms with Crippen molar-refractivity contribution in [3.63, 3.8) is 0 Å². The van der Waals surface area contributed by atoms with Gasteiger partial charge in [-0.1, -0.05) is 11.6 Å². The number of nitrogens with two attached hydrogens (primary N) is 1. The van der Waals surface area contributed by atoms with Crippen LogP contribution in [0.1, 0.15) is 12.5 Å². The summed E-state index contributed by atoms with van der Waals surface area (Å²) in [6.07, 6.45) is 0.687. The quantitative estimate of drug-likeness (QED) is 0.911. The SMILES string of the molecule is COc1cc(Cl)c(CC(C)N)c(OC)c1.Cl. The highest BCUT2D eigenvalue weighted by molar-refractivity contribution is 6.31. The van der Waals surface area contributed by atoms with E-state index in [1.165, 1.54) is 0 Å². The van der Waals surface area contributed by atoms with Crippen molar-refractivity contribution in [1.29, 1.82) is 0 Å². The van der Waals surface area contributed by atoms with E-state index in [0.29, 0.717) is 17.2 Å².